The molecule has 0 radical (unpaired) electrons. The molecule has 44 heavy (non-hydrogen) atoms. The van der Waals surface area contributed by atoms with Crippen LogP contribution in [0, 0.1) is 6.92 Å². The van der Waals surface area contributed by atoms with Crippen LogP contribution in [-0.4, -0.2) is 43.8 Å². The topological polar surface area (TPSA) is 86.8 Å². The zero-order chi connectivity index (χ0) is 31.9. The van der Waals surface area contributed by atoms with Crippen molar-refractivity contribution in [3.05, 3.63) is 129 Å². The SMILES string of the molecule is Cc1ccccc1N(CC(=O)N(Cc1cccc(Br)c1)[C@H](Cc1ccccc1)C(=O)NC(C)C)S(=O)(=O)c1ccc(Cl)cc1. The molecule has 7 nitrogen and oxygen atoms in total. The molecule has 4 aromatic rings. The van der Waals surface area contributed by atoms with Gasteiger partial charge in [0.05, 0.1) is 10.6 Å². The van der Waals surface area contributed by atoms with Gasteiger partial charge in [0.25, 0.3) is 10.0 Å². The van der Waals surface area contributed by atoms with E-state index in [4.69, 9.17) is 11.6 Å². The van der Waals surface area contributed by atoms with Crippen LogP contribution < -0.4 is 9.62 Å². The zero-order valence-electron chi connectivity index (χ0n) is 24.8. The Morgan fingerprint density at radius 3 is 2.14 bits per heavy atom. The number of halogens is 2. The molecule has 1 N–H and O–H groups in total. The lowest BCUT2D eigenvalue weighted by Crippen LogP contribution is -2.54. The highest BCUT2D eigenvalue weighted by atomic mass is 79.9. The lowest BCUT2D eigenvalue weighted by Gasteiger charge is -2.34. The standard InChI is InChI=1S/C34H35BrClN3O4S/c1-24(2)37-34(41)32(21-26-11-5-4-6-12-26)38(22-27-13-9-14-28(35)20-27)33(40)23-39(31-15-8-7-10-25(31)3)44(42,43)30-18-16-29(36)17-19-30/h4-20,24,32H,21-23H2,1-3H3,(H,37,41)/t32-/m1/s1. The molecule has 0 fully saturated rings. The molecule has 0 unspecified atom stereocenters. The summed E-state index contributed by atoms with van der Waals surface area (Å²) in [6.45, 7) is 5.07. The second-order valence-corrected chi connectivity index (χ2v) is 14.0. The lowest BCUT2D eigenvalue weighted by molar-refractivity contribution is -0.140. The monoisotopic (exact) mass is 695 g/mol. The van der Waals surface area contributed by atoms with Crippen LogP contribution in [0.3, 0.4) is 0 Å². The molecule has 1 atom stereocenters. The van der Waals surface area contributed by atoms with Crippen molar-refractivity contribution >= 4 is 55.1 Å². The van der Waals surface area contributed by atoms with Crippen LogP contribution in [0.1, 0.15) is 30.5 Å². The molecule has 0 saturated carbocycles. The van der Waals surface area contributed by atoms with Crippen LogP contribution in [0.15, 0.2) is 112 Å². The molecule has 0 spiro atoms. The molecule has 0 aliphatic carbocycles. The quantitative estimate of drug-likeness (QED) is 0.177. The van der Waals surface area contributed by atoms with E-state index in [1.54, 1.807) is 31.2 Å². The molecular formula is C34H35BrClN3O4S. The van der Waals surface area contributed by atoms with Gasteiger partial charge in [-0.3, -0.25) is 13.9 Å². The number of amides is 2. The van der Waals surface area contributed by atoms with Crippen molar-refractivity contribution in [3.8, 4) is 0 Å². The summed E-state index contributed by atoms with van der Waals surface area (Å²) in [5, 5.41) is 3.36. The van der Waals surface area contributed by atoms with E-state index in [9.17, 15) is 18.0 Å². The number of benzene rings is 4. The molecule has 0 saturated heterocycles. The van der Waals surface area contributed by atoms with Crippen LogP contribution in [-0.2, 0) is 32.6 Å². The predicted octanol–water partition coefficient (Wildman–Crippen LogP) is 6.77. The maximum Gasteiger partial charge on any atom is 0.264 e. The second-order valence-electron chi connectivity index (χ2n) is 10.8. The van der Waals surface area contributed by atoms with Gasteiger partial charge in [-0.2, -0.15) is 0 Å². The first kappa shape index (κ1) is 33.2. The van der Waals surface area contributed by atoms with Crippen LogP contribution in [0.2, 0.25) is 5.02 Å². The fourth-order valence-electron chi connectivity index (χ4n) is 4.86. The van der Waals surface area contributed by atoms with E-state index < -0.39 is 28.5 Å². The van der Waals surface area contributed by atoms with Crippen molar-refractivity contribution in [1.29, 1.82) is 0 Å². The second kappa shape index (κ2) is 14.9. The van der Waals surface area contributed by atoms with Gasteiger partial charge in [0, 0.05) is 28.5 Å². The van der Waals surface area contributed by atoms with E-state index in [1.807, 2.05) is 68.4 Å². The van der Waals surface area contributed by atoms with Crippen LogP contribution in [0.4, 0.5) is 5.69 Å². The molecule has 10 heteroatoms. The third-order valence-electron chi connectivity index (χ3n) is 7.01. The van der Waals surface area contributed by atoms with Gasteiger partial charge in [-0.25, -0.2) is 8.42 Å². The number of rotatable bonds is 12. The molecule has 4 aromatic carbocycles. The number of hydrogen-bond acceptors (Lipinski definition) is 4. The smallest absolute Gasteiger partial charge is 0.264 e. The molecular weight excluding hydrogens is 662 g/mol. The minimum Gasteiger partial charge on any atom is -0.352 e. The van der Waals surface area contributed by atoms with E-state index in [1.165, 1.54) is 29.2 Å². The summed E-state index contributed by atoms with van der Waals surface area (Å²) in [6.07, 6.45) is 0.243. The van der Waals surface area contributed by atoms with Gasteiger partial charge in [0.15, 0.2) is 0 Å². The predicted molar refractivity (Wildman–Crippen MR) is 179 cm³/mol. The highest BCUT2D eigenvalue weighted by Crippen LogP contribution is 2.28. The van der Waals surface area contributed by atoms with Gasteiger partial charge in [0.1, 0.15) is 12.6 Å². The number of nitrogens with zero attached hydrogens (tertiary/aromatic N) is 2. The summed E-state index contributed by atoms with van der Waals surface area (Å²) in [7, 11) is -4.21. The Labute approximate surface area is 273 Å². The third-order valence-corrected chi connectivity index (χ3v) is 9.53. The minimum atomic E-state index is -4.21. The van der Waals surface area contributed by atoms with Crippen LogP contribution in [0.25, 0.3) is 0 Å². The average molecular weight is 697 g/mol. The number of aryl methyl sites for hydroxylation is 1. The van der Waals surface area contributed by atoms with Crippen molar-refractivity contribution in [2.24, 2.45) is 0 Å². The first-order valence-corrected chi connectivity index (χ1v) is 16.8. The Bertz CT molecular complexity index is 1700. The molecule has 0 aliphatic rings. The number of carbonyl (C=O) groups is 2. The highest BCUT2D eigenvalue weighted by molar-refractivity contribution is 9.10. The molecule has 0 aromatic heterocycles. The van der Waals surface area contributed by atoms with Gasteiger partial charge < -0.3 is 10.2 Å². The first-order chi connectivity index (χ1) is 21.0. The average Bonchev–Trinajstić information content (AvgIpc) is 2.98. The van der Waals surface area contributed by atoms with E-state index in [2.05, 4.69) is 21.2 Å². The summed E-state index contributed by atoms with van der Waals surface area (Å²) in [5.41, 5.74) is 2.69. The van der Waals surface area contributed by atoms with Crippen molar-refractivity contribution in [2.45, 2.75) is 50.7 Å². The van der Waals surface area contributed by atoms with Crippen molar-refractivity contribution < 1.29 is 18.0 Å². The molecule has 0 aliphatic heterocycles. The fraction of sp³-hybridized carbons (Fsp3) is 0.235. The number of anilines is 1. The Balaban J connectivity index is 1.82. The summed E-state index contributed by atoms with van der Waals surface area (Å²) >= 11 is 9.55. The van der Waals surface area contributed by atoms with Gasteiger partial charge in [0.2, 0.25) is 11.8 Å². The van der Waals surface area contributed by atoms with Gasteiger partial charge in [-0.05, 0) is 79.9 Å². The Morgan fingerprint density at radius 2 is 1.50 bits per heavy atom. The third kappa shape index (κ3) is 8.49. The molecule has 2 amide bonds. The van der Waals surface area contributed by atoms with Crippen molar-refractivity contribution in [3.63, 3.8) is 0 Å². The van der Waals surface area contributed by atoms with Crippen LogP contribution >= 0.6 is 27.5 Å². The summed E-state index contributed by atoms with van der Waals surface area (Å²) in [6, 6.07) is 28.7. The largest absolute Gasteiger partial charge is 0.352 e. The number of hydrogen-bond donors (Lipinski definition) is 1. The normalized spacial score (nSPS) is 12.0. The molecule has 4 rings (SSSR count). The van der Waals surface area contributed by atoms with E-state index >= 15 is 0 Å². The van der Waals surface area contributed by atoms with E-state index in [-0.39, 0.29) is 29.8 Å². The maximum atomic E-state index is 14.5. The number of para-hydroxylation sites is 1. The minimum absolute atomic E-state index is 0.00474. The van der Waals surface area contributed by atoms with Gasteiger partial charge in [-0.15, -0.1) is 0 Å². The number of nitrogens with one attached hydrogen (secondary N) is 1. The summed E-state index contributed by atoms with van der Waals surface area (Å²) in [4.78, 5) is 29.7. The summed E-state index contributed by atoms with van der Waals surface area (Å²) in [5.74, 6) is -0.846. The Kier molecular flexibility index (Phi) is 11.2. The number of carbonyl (C=O) groups excluding carboxylic acids is 2. The zero-order valence-corrected chi connectivity index (χ0v) is 27.9. The van der Waals surface area contributed by atoms with Crippen molar-refractivity contribution in [1.82, 2.24) is 10.2 Å². The molecule has 0 bridgehead atoms. The molecule has 0 heterocycles. The fourth-order valence-corrected chi connectivity index (χ4v) is 6.91. The molecule has 230 valence electrons. The van der Waals surface area contributed by atoms with Gasteiger partial charge in [-0.1, -0.05) is 88.2 Å². The Morgan fingerprint density at radius 1 is 0.864 bits per heavy atom. The Hall–Kier alpha value is -3.66. The van der Waals surface area contributed by atoms with Gasteiger partial charge >= 0.3 is 0 Å². The lowest BCUT2D eigenvalue weighted by atomic mass is 10.0. The maximum absolute atomic E-state index is 14.5. The van der Waals surface area contributed by atoms with E-state index in [0.717, 1.165) is 19.9 Å². The first-order valence-electron chi connectivity index (χ1n) is 14.2. The van der Waals surface area contributed by atoms with Crippen LogP contribution in [0.5, 0.6) is 0 Å². The number of sulfonamides is 1. The summed E-state index contributed by atoms with van der Waals surface area (Å²) < 4.78 is 30.2. The van der Waals surface area contributed by atoms with Crippen molar-refractivity contribution in [2.75, 3.05) is 10.8 Å². The highest BCUT2D eigenvalue weighted by Gasteiger charge is 2.35. The van der Waals surface area contributed by atoms with E-state index in [0.29, 0.717) is 16.3 Å².